The standard InChI is InChI=1S/C22H27N3O2S/c1-22(2,3)16-11-13-17(14-12-16)27-15-7-10-20(26)23-24-21-25(4)18-8-5-6-9-19(18)28-21/h5-6,8-9,11-14H,7,10,15H2,1-4H3,(H,23,26)/b24-21+. The van der Waals surface area contributed by atoms with E-state index in [0.717, 1.165) is 20.8 Å². The molecule has 2 aromatic carbocycles. The lowest BCUT2D eigenvalue weighted by Gasteiger charge is -2.19. The number of rotatable bonds is 6. The van der Waals surface area contributed by atoms with Gasteiger partial charge in [0.2, 0.25) is 10.7 Å². The number of carbonyl (C=O) groups excluding carboxylic acids is 1. The van der Waals surface area contributed by atoms with Crippen molar-refractivity contribution in [2.24, 2.45) is 12.1 Å². The molecule has 6 heteroatoms. The molecule has 0 unspecified atom stereocenters. The Bertz CT molecular complexity index is 1010. The fourth-order valence-corrected chi connectivity index (χ4v) is 3.81. The number of hydrogen-bond acceptors (Lipinski definition) is 4. The first kappa shape index (κ1) is 20.1. The average Bonchev–Trinajstić information content (AvgIpc) is 2.99. The summed E-state index contributed by atoms with van der Waals surface area (Å²) < 4.78 is 8.85. The van der Waals surface area contributed by atoms with Crippen molar-refractivity contribution >= 4 is 27.5 Å². The summed E-state index contributed by atoms with van der Waals surface area (Å²) in [6, 6.07) is 16.2. The summed E-state index contributed by atoms with van der Waals surface area (Å²) in [5.74, 6) is 0.722. The van der Waals surface area contributed by atoms with Crippen molar-refractivity contribution in [3.05, 3.63) is 58.9 Å². The second kappa shape index (κ2) is 8.61. The van der Waals surface area contributed by atoms with Crippen molar-refractivity contribution in [1.29, 1.82) is 0 Å². The van der Waals surface area contributed by atoms with Gasteiger partial charge in [-0.3, -0.25) is 4.79 Å². The van der Waals surface area contributed by atoms with Crippen LogP contribution >= 0.6 is 11.3 Å². The zero-order valence-corrected chi connectivity index (χ0v) is 17.7. The van der Waals surface area contributed by atoms with E-state index in [9.17, 15) is 4.79 Å². The lowest BCUT2D eigenvalue weighted by Crippen LogP contribution is -2.23. The third kappa shape index (κ3) is 5.01. The Balaban J connectivity index is 1.46. The maximum absolute atomic E-state index is 12.0. The predicted molar refractivity (Wildman–Crippen MR) is 114 cm³/mol. The summed E-state index contributed by atoms with van der Waals surface area (Å²) in [5, 5.41) is 4.25. The first-order valence-corrected chi connectivity index (χ1v) is 10.3. The van der Waals surface area contributed by atoms with E-state index in [1.54, 1.807) is 11.3 Å². The van der Waals surface area contributed by atoms with E-state index in [1.165, 1.54) is 5.56 Å². The van der Waals surface area contributed by atoms with Crippen LogP contribution in [-0.4, -0.2) is 17.1 Å². The van der Waals surface area contributed by atoms with Gasteiger partial charge >= 0.3 is 0 Å². The average molecular weight is 398 g/mol. The molecular weight excluding hydrogens is 370 g/mol. The van der Waals surface area contributed by atoms with Gasteiger partial charge in [-0.25, -0.2) is 5.43 Å². The summed E-state index contributed by atoms with van der Waals surface area (Å²) in [7, 11) is 1.95. The number of aromatic nitrogens is 1. The minimum atomic E-state index is -0.107. The van der Waals surface area contributed by atoms with Crippen LogP contribution in [0.25, 0.3) is 10.2 Å². The minimum absolute atomic E-state index is 0.107. The Hall–Kier alpha value is -2.60. The Kier molecular flexibility index (Phi) is 6.19. The highest BCUT2D eigenvalue weighted by Gasteiger charge is 2.13. The molecule has 0 atom stereocenters. The van der Waals surface area contributed by atoms with Crippen LogP contribution < -0.4 is 15.0 Å². The largest absolute Gasteiger partial charge is 0.494 e. The summed E-state index contributed by atoms with van der Waals surface area (Å²) in [4.78, 5) is 12.8. The third-order valence-corrected chi connectivity index (χ3v) is 5.64. The van der Waals surface area contributed by atoms with Crippen LogP contribution in [0.4, 0.5) is 0 Å². The molecule has 0 radical (unpaired) electrons. The molecule has 1 heterocycles. The van der Waals surface area contributed by atoms with Gasteiger partial charge < -0.3 is 9.30 Å². The van der Waals surface area contributed by atoms with Crippen molar-refractivity contribution in [2.75, 3.05) is 6.61 Å². The van der Waals surface area contributed by atoms with Crippen molar-refractivity contribution in [1.82, 2.24) is 9.99 Å². The molecule has 0 bridgehead atoms. The molecule has 0 fully saturated rings. The van der Waals surface area contributed by atoms with E-state index in [1.807, 2.05) is 48.0 Å². The zero-order chi connectivity index (χ0) is 20.1. The van der Waals surface area contributed by atoms with Crippen LogP contribution in [0.3, 0.4) is 0 Å². The van der Waals surface area contributed by atoms with Crippen molar-refractivity contribution in [2.45, 2.75) is 39.0 Å². The molecule has 0 saturated heterocycles. The van der Waals surface area contributed by atoms with Crippen LogP contribution in [0.15, 0.2) is 53.6 Å². The first-order chi connectivity index (χ1) is 13.3. The maximum Gasteiger partial charge on any atom is 0.240 e. The number of thiazole rings is 1. The molecule has 3 aromatic rings. The molecule has 0 aliphatic carbocycles. The van der Waals surface area contributed by atoms with E-state index >= 15 is 0 Å². The topological polar surface area (TPSA) is 55.6 Å². The van der Waals surface area contributed by atoms with Crippen LogP contribution in [-0.2, 0) is 17.3 Å². The van der Waals surface area contributed by atoms with E-state index in [0.29, 0.717) is 19.4 Å². The normalized spacial score (nSPS) is 12.4. The number of amides is 1. The molecular formula is C22H27N3O2S. The minimum Gasteiger partial charge on any atom is -0.494 e. The number of nitrogens with zero attached hydrogens (tertiary/aromatic N) is 2. The summed E-state index contributed by atoms with van der Waals surface area (Å²) in [6.07, 6.45) is 1.01. The van der Waals surface area contributed by atoms with Gasteiger partial charge in [-0.2, -0.15) is 0 Å². The zero-order valence-electron chi connectivity index (χ0n) is 16.9. The molecule has 3 rings (SSSR count). The molecule has 1 N–H and O–H groups in total. The summed E-state index contributed by atoms with van der Waals surface area (Å²) >= 11 is 1.55. The number of ether oxygens (including phenoxy) is 1. The van der Waals surface area contributed by atoms with Gasteiger partial charge in [0, 0.05) is 13.5 Å². The van der Waals surface area contributed by atoms with Gasteiger partial charge in [0.05, 0.1) is 16.8 Å². The van der Waals surface area contributed by atoms with Crippen LogP contribution in [0.2, 0.25) is 0 Å². The molecule has 5 nitrogen and oxygen atoms in total. The molecule has 1 aromatic heterocycles. The Labute approximate surface area is 169 Å². The van der Waals surface area contributed by atoms with E-state index in [4.69, 9.17) is 4.74 Å². The van der Waals surface area contributed by atoms with Gasteiger partial charge in [0.15, 0.2) is 0 Å². The van der Waals surface area contributed by atoms with E-state index < -0.39 is 0 Å². The smallest absolute Gasteiger partial charge is 0.240 e. The Morgan fingerprint density at radius 2 is 1.86 bits per heavy atom. The first-order valence-electron chi connectivity index (χ1n) is 9.45. The molecule has 0 saturated carbocycles. The molecule has 148 valence electrons. The molecule has 28 heavy (non-hydrogen) atoms. The van der Waals surface area contributed by atoms with Crippen LogP contribution in [0.5, 0.6) is 5.75 Å². The number of para-hydroxylation sites is 1. The Morgan fingerprint density at radius 1 is 1.14 bits per heavy atom. The Morgan fingerprint density at radius 3 is 2.54 bits per heavy atom. The monoisotopic (exact) mass is 397 g/mol. The van der Waals surface area contributed by atoms with Crippen LogP contribution in [0, 0.1) is 0 Å². The van der Waals surface area contributed by atoms with Gasteiger partial charge in [-0.1, -0.05) is 56.4 Å². The highest BCUT2D eigenvalue weighted by molar-refractivity contribution is 7.16. The number of carbonyl (C=O) groups is 1. The van der Waals surface area contributed by atoms with Crippen molar-refractivity contribution in [3.8, 4) is 5.75 Å². The number of nitrogens with one attached hydrogen (secondary N) is 1. The quantitative estimate of drug-likeness (QED) is 0.497. The van der Waals surface area contributed by atoms with Crippen LogP contribution in [0.1, 0.15) is 39.2 Å². The van der Waals surface area contributed by atoms with Crippen molar-refractivity contribution in [3.63, 3.8) is 0 Å². The highest BCUT2D eigenvalue weighted by atomic mass is 32.1. The summed E-state index contributed by atoms with van der Waals surface area (Å²) in [6.45, 7) is 7.06. The second-order valence-corrected chi connectivity index (χ2v) is 8.79. The molecule has 0 aliphatic heterocycles. The third-order valence-electron chi connectivity index (χ3n) is 4.53. The lowest BCUT2D eigenvalue weighted by molar-refractivity contribution is -0.121. The molecule has 0 aliphatic rings. The van der Waals surface area contributed by atoms with Gasteiger partial charge in [-0.05, 0) is 41.7 Å². The molecule has 1 amide bonds. The molecule has 0 spiro atoms. The number of hydrogen-bond donors (Lipinski definition) is 1. The van der Waals surface area contributed by atoms with Gasteiger partial charge in [-0.15, -0.1) is 5.10 Å². The highest BCUT2D eigenvalue weighted by Crippen LogP contribution is 2.24. The van der Waals surface area contributed by atoms with Crippen molar-refractivity contribution < 1.29 is 9.53 Å². The van der Waals surface area contributed by atoms with E-state index in [-0.39, 0.29) is 11.3 Å². The number of fused-ring (bicyclic) bond motifs is 1. The fourth-order valence-electron chi connectivity index (χ4n) is 2.83. The second-order valence-electron chi connectivity index (χ2n) is 7.78. The predicted octanol–water partition coefficient (Wildman–Crippen LogP) is 4.33. The number of aryl methyl sites for hydroxylation is 1. The maximum atomic E-state index is 12.0. The lowest BCUT2D eigenvalue weighted by atomic mass is 9.87. The SMILES string of the molecule is Cn1/c(=N\NC(=O)CCCOc2ccc(C(C)(C)C)cc2)sc2ccccc21. The summed E-state index contributed by atoms with van der Waals surface area (Å²) in [5.41, 5.74) is 5.15. The fraction of sp³-hybridized carbons (Fsp3) is 0.364. The van der Waals surface area contributed by atoms with E-state index in [2.05, 4.69) is 43.4 Å². The van der Waals surface area contributed by atoms with Gasteiger partial charge in [0.25, 0.3) is 0 Å². The van der Waals surface area contributed by atoms with Gasteiger partial charge in [0.1, 0.15) is 5.75 Å². The number of benzene rings is 2.